The van der Waals surface area contributed by atoms with E-state index in [0.717, 1.165) is 116 Å². The third-order valence-corrected chi connectivity index (χ3v) is 10.2. The second kappa shape index (κ2) is 52.2. The van der Waals surface area contributed by atoms with Gasteiger partial charge in [0, 0.05) is 19.3 Å². The van der Waals surface area contributed by atoms with Gasteiger partial charge in [-0.2, -0.15) is 0 Å². The molecule has 0 saturated carbocycles. The second-order valence-electron chi connectivity index (χ2n) is 16.3. The molecule has 1 atom stereocenters. The van der Waals surface area contributed by atoms with Gasteiger partial charge in [-0.05, 0) is 103 Å². The van der Waals surface area contributed by atoms with Gasteiger partial charge in [-0.1, -0.05) is 212 Å². The van der Waals surface area contributed by atoms with Crippen LogP contribution in [0, 0.1) is 0 Å². The second-order valence-corrected chi connectivity index (χ2v) is 16.3. The summed E-state index contributed by atoms with van der Waals surface area (Å²) in [5, 5.41) is 0. The first-order chi connectivity index (χ1) is 32.0. The lowest BCUT2D eigenvalue weighted by Crippen LogP contribution is -2.30. The Morgan fingerprint density at radius 2 is 0.662 bits per heavy atom. The van der Waals surface area contributed by atoms with Gasteiger partial charge in [0.2, 0.25) is 0 Å². The van der Waals surface area contributed by atoms with E-state index >= 15 is 0 Å². The predicted octanol–water partition coefficient (Wildman–Crippen LogP) is 17.1. The lowest BCUT2D eigenvalue weighted by Gasteiger charge is -2.18. The van der Waals surface area contributed by atoms with Crippen molar-refractivity contribution in [2.45, 2.75) is 207 Å². The lowest BCUT2D eigenvalue weighted by atomic mass is 10.1. The highest BCUT2D eigenvalue weighted by Crippen LogP contribution is 2.13. The molecule has 0 bridgehead atoms. The summed E-state index contributed by atoms with van der Waals surface area (Å²) in [6.07, 6.45) is 73.0. The van der Waals surface area contributed by atoms with E-state index < -0.39 is 6.10 Å². The molecule has 0 aliphatic rings. The van der Waals surface area contributed by atoms with Crippen LogP contribution < -0.4 is 0 Å². The van der Waals surface area contributed by atoms with Crippen molar-refractivity contribution in [1.82, 2.24) is 0 Å². The molecule has 0 fully saturated rings. The molecule has 364 valence electrons. The molecule has 0 aromatic carbocycles. The molecule has 0 heterocycles. The van der Waals surface area contributed by atoms with Crippen LogP contribution in [0.25, 0.3) is 0 Å². The molecule has 0 rings (SSSR count). The predicted molar refractivity (Wildman–Crippen MR) is 279 cm³/mol. The average Bonchev–Trinajstić information content (AvgIpc) is 3.30. The van der Waals surface area contributed by atoms with Crippen LogP contribution in [0.3, 0.4) is 0 Å². The van der Waals surface area contributed by atoms with Crippen LogP contribution in [0.4, 0.5) is 0 Å². The molecular formula is C59H92O6. The van der Waals surface area contributed by atoms with Crippen LogP contribution in [0.5, 0.6) is 0 Å². The zero-order chi connectivity index (χ0) is 47.2. The zero-order valence-corrected chi connectivity index (χ0v) is 41.4. The van der Waals surface area contributed by atoms with E-state index in [1.54, 1.807) is 0 Å². The van der Waals surface area contributed by atoms with Crippen molar-refractivity contribution in [2.24, 2.45) is 0 Å². The summed E-state index contributed by atoms with van der Waals surface area (Å²) in [5.74, 6) is -1.04. The fourth-order valence-corrected chi connectivity index (χ4v) is 6.45. The molecular weight excluding hydrogens is 805 g/mol. The van der Waals surface area contributed by atoms with Gasteiger partial charge in [0.15, 0.2) is 6.10 Å². The first-order valence-electron chi connectivity index (χ1n) is 25.7. The number of ether oxygens (including phenoxy) is 3. The maximum atomic E-state index is 12.8. The Balaban J connectivity index is 4.56. The van der Waals surface area contributed by atoms with Crippen LogP contribution in [0.2, 0.25) is 0 Å². The monoisotopic (exact) mass is 897 g/mol. The van der Waals surface area contributed by atoms with E-state index in [1.807, 2.05) is 12.2 Å². The van der Waals surface area contributed by atoms with Crippen molar-refractivity contribution in [2.75, 3.05) is 13.2 Å². The number of hydrogen-bond acceptors (Lipinski definition) is 6. The van der Waals surface area contributed by atoms with Gasteiger partial charge in [-0.3, -0.25) is 14.4 Å². The minimum absolute atomic E-state index is 0.118. The summed E-state index contributed by atoms with van der Waals surface area (Å²) in [6.45, 7) is 6.17. The minimum Gasteiger partial charge on any atom is -0.462 e. The summed E-state index contributed by atoms with van der Waals surface area (Å²) < 4.78 is 16.7. The molecule has 0 spiro atoms. The van der Waals surface area contributed by atoms with Gasteiger partial charge in [-0.15, -0.1) is 0 Å². The standard InChI is InChI=1S/C59H92O6/c1-4-7-10-13-16-19-22-25-28-31-34-37-40-43-46-49-52-58(61)64-55-56(54-63-57(60)51-48-45-42-39-36-33-30-27-24-21-18-15-12-9-6-3)65-59(62)53-50-47-44-41-38-35-32-29-26-23-20-17-14-11-8-5-2/h7-12,15-21,24-26,28-29,34,37,43,46,56H,4-6,13-14,22-23,27,30-33,35-36,38-42,44-45,47-55H2,1-3H3/b10-7-,11-8-,12-9-,18-15-,19-16-,20-17-,24-21-,28-25-,29-26-,37-34-,46-43-. The van der Waals surface area contributed by atoms with Gasteiger partial charge in [0.1, 0.15) is 13.2 Å². The highest BCUT2D eigenvalue weighted by atomic mass is 16.6. The van der Waals surface area contributed by atoms with Gasteiger partial charge >= 0.3 is 17.9 Å². The SMILES string of the molecule is CC\C=C/C=C\C=C/CCCCCCCCCC(=O)OCC(COC(=O)CC/C=C\C/C=C\C/C=C\C/C=C\C/C=C\CC)OC(=O)CCCCCCCC/C=C\C/C=C\C/C=C\CC. The number of unbranched alkanes of at least 4 members (excludes halogenated alkanes) is 13. The Bertz CT molecular complexity index is 1450. The van der Waals surface area contributed by atoms with Crippen molar-refractivity contribution >= 4 is 17.9 Å². The Kier molecular flexibility index (Phi) is 48.6. The van der Waals surface area contributed by atoms with E-state index in [1.165, 1.54) is 38.5 Å². The summed E-state index contributed by atoms with van der Waals surface area (Å²) in [6, 6.07) is 0. The van der Waals surface area contributed by atoms with E-state index in [0.29, 0.717) is 12.8 Å². The largest absolute Gasteiger partial charge is 0.462 e. The molecule has 6 nitrogen and oxygen atoms in total. The van der Waals surface area contributed by atoms with Gasteiger partial charge in [-0.25, -0.2) is 0 Å². The molecule has 0 amide bonds. The number of rotatable bonds is 44. The molecule has 0 aliphatic carbocycles. The molecule has 0 radical (unpaired) electrons. The Morgan fingerprint density at radius 1 is 0.323 bits per heavy atom. The van der Waals surface area contributed by atoms with E-state index in [-0.39, 0.29) is 44.0 Å². The molecule has 0 saturated heterocycles. The average molecular weight is 897 g/mol. The van der Waals surface area contributed by atoms with Crippen LogP contribution in [-0.2, 0) is 28.6 Å². The number of esters is 3. The number of allylic oxidation sites excluding steroid dienone is 22. The first-order valence-corrected chi connectivity index (χ1v) is 25.7. The molecule has 65 heavy (non-hydrogen) atoms. The summed E-state index contributed by atoms with van der Waals surface area (Å²) in [4.78, 5) is 38.0. The van der Waals surface area contributed by atoms with Crippen molar-refractivity contribution in [3.05, 3.63) is 134 Å². The highest BCUT2D eigenvalue weighted by molar-refractivity contribution is 5.71. The van der Waals surface area contributed by atoms with E-state index in [4.69, 9.17) is 14.2 Å². The summed E-state index contributed by atoms with van der Waals surface area (Å²) in [7, 11) is 0. The van der Waals surface area contributed by atoms with E-state index in [2.05, 4.69) is 142 Å². The van der Waals surface area contributed by atoms with Gasteiger partial charge in [0.25, 0.3) is 0 Å². The Hall–Kier alpha value is -4.45. The fraction of sp³-hybridized carbons (Fsp3) is 0.576. The van der Waals surface area contributed by atoms with Crippen molar-refractivity contribution < 1.29 is 28.6 Å². The zero-order valence-electron chi connectivity index (χ0n) is 41.4. The first kappa shape index (κ1) is 60.5. The molecule has 0 aromatic heterocycles. The van der Waals surface area contributed by atoms with Crippen LogP contribution in [-0.4, -0.2) is 37.2 Å². The van der Waals surface area contributed by atoms with Crippen LogP contribution in [0.1, 0.15) is 201 Å². The summed E-state index contributed by atoms with van der Waals surface area (Å²) in [5.41, 5.74) is 0. The number of carbonyl (C=O) groups excluding carboxylic acids is 3. The summed E-state index contributed by atoms with van der Waals surface area (Å²) >= 11 is 0. The van der Waals surface area contributed by atoms with Crippen LogP contribution in [0.15, 0.2) is 134 Å². The smallest absolute Gasteiger partial charge is 0.306 e. The molecule has 6 heteroatoms. The quantitative estimate of drug-likeness (QED) is 0.0199. The van der Waals surface area contributed by atoms with Gasteiger partial charge in [0.05, 0.1) is 0 Å². The highest BCUT2D eigenvalue weighted by Gasteiger charge is 2.19. The van der Waals surface area contributed by atoms with Crippen molar-refractivity contribution in [3.8, 4) is 0 Å². The molecule has 0 aliphatic heterocycles. The lowest BCUT2D eigenvalue weighted by molar-refractivity contribution is -0.166. The van der Waals surface area contributed by atoms with Crippen LogP contribution >= 0.6 is 0 Å². The normalized spacial score (nSPS) is 13.2. The number of carbonyl (C=O) groups is 3. The van der Waals surface area contributed by atoms with Crippen molar-refractivity contribution in [1.29, 1.82) is 0 Å². The number of hydrogen-bond donors (Lipinski definition) is 0. The molecule has 0 aromatic rings. The topological polar surface area (TPSA) is 78.9 Å². The minimum atomic E-state index is -0.825. The third kappa shape index (κ3) is 50.4. The fourth-order valence-electron chi connectivity index (χ4n) is 6.45. The maximum absolute atomic E-state index is 12.8. The molecule has 1 unspecified atom stereocenters. The Morgan fingerprint density at radius 3 is 1.12 bits per heavy atom. The maximum Gasteiger partial charge on any atom is 0.306 e. The Labute approximate surface area is 398 Å². The molecule has 0 N–H and O–H groups in total. The van der Waals surface area contributed by atoms with E-state index in [9.17, 15) is 14.4 Å². The third-order valence-electron chi connectivity index (χ3n) is 10.2. The van der Waals surface area contributed by atoms with Crippen molar-refractivity contribution in [3.63, 3.8) is 0 Å². The van der Waals surface area contributed by atoms with Gasteiger partial charge < -0.3 is 14.2 Å².